The van der Waals surface area contributed by atoms with Crippen molar-refractivity contribution >= 4 is 0 Å². The normalized spacial score (nSPS) is 12.7. The van der Waals surface area contributed by atoms with E-state index in [4.69, 9.17) is 10.5 Å². The maximum atomic E-state index is 6.31. The van der Waals surface area contributed by atoms with E-state index in [-0.39, 0.29) is 6.17 Å². The molecule has 0 amide bonds. The zero-order chi connectivity index (χ0) is 13.4. The van der Waals surface area contributed by atoms with E-state index < -0.39 is 0 Å². The van der Waals surface area contributed by atoms with Gasteiger partial charge < -0.3 is 10.5 Å². The van der Waals surface area contributed by atoms with Crippen LogP contribution in [0.4, 0.5) is 0 Å². The van der Waals surface area contributed by atoms with Gasteiger partial charge in [0.25, 0.3) is 0 Å². The molecule has 3 nitrogen and oxygen atoms in total. The zero-order valence-electron chi connectivity index (χ0n) is 11.9. The maximum absolute atomic E-state index is 6.31. The van der Waals surface area contributed by atoms with E-state index in [0.29, 0.717) is 0 Å². The van der Waals surface area contributed by atoms with E-state index in [1.54, 1.807) is 7.11 Å². The molecule has 0 heterocycles. The first-order valence-electron chi connectivity index (χ1n) is 6.86. The second kappa shape index (κ2) is 8.11. The van der Waals surface area contributed by atoms with Gasteiger partial charge in [-0.2, -0.15) is 0 Å². The number of nitrogens with two attached hydrogens (primary N) is 1. The summed E-state index contributed by atoms with van der Waals surface area (Å²) in [5, 5.41) is 0. The highest BCUT2D eigenvalue weighted by atomic mass is 16.5. The SMILES string of the molecule is CCCCCN(CC)C(N)c1ccc(OC)cc1. The average Bonchev–Trinajstić information content (AvgIpc) is 2.43. The van der Waals surface area contributed by atoms with Gasteiger partial charge in [-0.3, -0.25) is 4.90 Å². The Morgan fingerprint density at radius 1 is 1.17 bits per heavy atom. The first-order valence-corrected chi connectivity index (χ1v) is 6.86. The van der Waals surface area contributed by atoms with Crippen molar-refractivity contribution in [1.82, 2.24) is 4.90 Å². The Morgan fingerprint density at radius 2 is 1.83 bits per heavy atom. The molecule has 0 radical (unpaired) electrons. The lowest BCUT2D eigenvalue weighted by atomic mass is 10.1. The van der Waals surface area contributed by atoms with Gasteiger partial charge in [-0.25, -0.2) is 0 Å². The van der Waals surface area contributed by atoms with E-state index in [0.717, 1.165) is 24.4 Å². The summed E-state index contributed by atoms with van der Waals surface area (Å²) in [5.74, 6) is 0.875. The molecule has 2 N–H and O–H groups in total. The van der Waals surface area contributed by atoms with Crippen LogP contribution in [-0.2, 0) is 0 Å². The predicted molar refractivity (Wildman–Crippen MR) is 76.7 cm³/mol. The van der Waals surface area contributed by atoms with Gasteiger partial charge in [0.2, 0.25) is 0 Å². The lowest BCUT2D eigenvalue weighted by molar-refractivity contribution is 0.208. The molecule has 0 saturated heterocycles. The number of unbranched alkanes of at least 4 members (excludes halogenated alkanes) is 2. The molecule has 0 aliphatic rings. The molecule has 0 saturated carbocycles. The second-order valence-corrected chi connectivity index (χ2v) is 4.55. The van der Waals surface area contributed by atoms with Crippen molar-refractivity contribution in [2.24, 2.45) is 5.73 Å². The molecule has 3 heteroatoms. The van der Waals surface area contributed by atoms with Gasteiger partial charge in [-0.05, 0) is 37.2 Å². The highest BCUT2D eigenvalue weighted by Crippen LogP contribution is 2.19. The summed E-state index contributed by atoms with van der Waals surface area (Å²) >= 11 is 0. The topological polar surface area (TPSA) is 38.5 Å². The van der Waals surface area contributed by atoms with Crippen molar-refractivity contribution in [2.45, 2.75) is 39.3 Å². The average molecular weight is 250 g/mol. The van der Waals surface area contributed by atoms with E-state index in [9.17, 15) is 0 Å². The Balaban J connectivity index is 2.60. The van der Waals surface area contributed by atoms with Crippen LogP contribution in [0.3, 0.4) is 0 Å². The smallest absolute Gasteiger partial charge is 0.118 e. The highest BCUT2D eigenvalue weighted by molar-refractivity contribution is 5.28. The van der Waals surface area contributed by atoms with Crippen LogP contribution < -0.4 is 10.5 Å². The van der Waals surface area contributed by atoms with Crippen molar-refractivity contribution in [3.8, 4) is 5.75 Å². The highest BCUT2D eigenvalue weighted by Gasteiger charge is 2.13. The van der Waals surface area contributed by atoms with Gasteiger partial charge >= 0.3 is 0 Å². The third-order valence-corrected chi connectivity index (χ3v) is 3.31. The minimum Gasteiger partial charge on any atom is -0.497 e. The van der Waals surface area contributed by atoms with Crippen molar-refractivity contribution < 1.29 is 4.74 Å². The summed E-state index contributed by atoms with van der Waals surface area (Å²) in [6.07, 6.45) is 3.72. The molecular formula is C15H26N2O. The van der Waals surface area contributed by atoms with Gasteiger partial charge in [0.05, 0.1) is 13.3 Å². The van der Waals surface area contributed by atoms with Crippen molar-refractivity contribution in [2.75, 3.05) is 20.2 Å². The summed E-state index contributed by atoms with van der Waals surface area (Å²) in [6.45, 7) is 6.43. The standard InChI is InChI=1S/C15H26N2O/c1-4-6-7-12-17(5-2)15(16)13-8-10-14(18-3)11-9-13/h8-11,15H,4-7,12,16H2,1-3H3. The number of hydrogen-bond donors (Lipinski definition) is 1. The van der Waals surface area contributed by atoms with E-state index in [2.05, 4.69) is 18.7 Å². The van der Waals surface area contributed by atoms with Gasteiger partial charge in [0, 0.05) is 0 Å². The van der Waals surface area contributed by atoms with Crippen LogP contribution in [0.25, 0.3) is 0 Å². The molecule has 0 fully saturated rings. The summed E-state index contributed by atoms with van der Waals surface area (Å²) in [6, 6.07) is 8.03. The summed E-state index contributed by atoms with van der Waals surface area (Å²) in [7, 11) is 1.68. The van der Waals surface area contributed by atoms with Crippen molar-refractivity contribution in [3.63, 3.8) is 0 Å². The molecule has 1 unspecified atom stereocenters. The quantitative estimate of drug-likeness (QED) is 0.569. The fourth-order valence-corrected chi connectivity index (χ4v) is 2.07. The van der Waals surface area contributed by atoms with Gasteiger partial charge in [0.1, 0.15) is 5.75 Å². The van der Waals surface area contributed by atoms with Gasteiger partial charge in [-0.1, -0.05) is 38.8 Å². The van der Waals surface area contributed by atoms with Crippen molar-refractivity contribution in [3.05, 3.63) is 29.8 Å². The predicted octanol–water partition coefficient (Wildman–Crippen LogP) is 3.16. The number of benzene rings is 1. The third kappa shape index (κ3) is 4.31. The maximum Gasteiger partial charge on any atom is 0.118 e. The van der Waals surface area contributed by atoms with Crippen LogP contribution >= 0.6 is 0 Å². The van der Waals surface area contributed by atoms with Crippen LogP contribution in [0.15, 0.2) is 24.3 Å². The summed E-state index contributed by atoms with van der Waals surface area (Å²) in [5.41, 5.74) is 7.46. The van der Waals surface area contributed by atoms with E-state index >= 15 is 0 Å². The molecule has 1 rings (SSSR count). The molecule has 102 valence electrons. The first kappa shape index (κ1) is 15.0. The molecule has 0 aliphatic heterocycles. The summed E-state index contributed by atoms with van der Waals surface area (Å²) in [4.78, 5) is 2.32. The van der Waals surface area contributed by atoms with Crippen LogP contribution in [0, 0.1) is 0 Å². The zero-order valence-corrected chi connectivity index (χ0v) is 11.9. The number of rotatable bonds is 8. The lowest BCUT2D eigenvalue weighted by Crippen LogP contribution is -2.35. The fraction of sp³-hybridized carbons (Fsp3) is 0.600. The number of ether oxygens (including phenoxy) is 1. The lowest BCUT2D eigenvalue weighted by Gasteiger charge is -2.28. The van der Waals surface area contributed by atoms with Crippen LogP contribution in [-0.4, -0.2) is 25.1 Å². The van der Waals surface area contributed by atoms with Crippen LogP contribution in [0.1, 0.15) is 44.8 Å². The largest absolute Gasteiger partial charge is 0.497 e. The molecule has 0 aliphatic carbocycles. The number of hydrogen-bond acceptors (Lipinski definition) is 3. The third-order valence-electron chi connectivity index (χ3n) is 3.31. The molecule has 1 aromatic rings. The van der Waals surface area contributed by atoms with Gasteiger partial charge in [-0.15, -0.1) is 0 Å². The minimum absolute atomic E-state index is 0.0160. The molecule has 0 spiro atoms. The monoisotopic (exact) mass is 250 g/mol. The molecule has 0 aromatic heterocycles. The Kier molecular flexibility index (Phi) is 6.76. The Morgan fingerprint density at radius 3 is 2.33 bits per heavy atom. The Labute approximate surface area is 111 Å². The Hall–Kier alpha value is -1.06. The van der Waals surface area contributed by atoms with Crippen LogP contribution in [0.2, 0.25) is 0 Å². The molecule has 1 atom stereocenters. The van der Waals surface area contributed by atoms with E-state index in [1.807, 2.05) is 24.3 Å². The molecular weight excluding hydrogens is 224 g/mol. The minimum atomic E-state index is -0.0160. The molecule has 18 heavy (non-hydrogen) atoms. The van der Waals surface area contributed by atoms with Gasteiger partial charge in [0.15, 0.2) is 0 Å². The molecule has 1 aromatic carbocycles. The van der Waals surface area contributed by atoms with Crippen molar-refractivity contribution in [1.29, 1.82) is 0 Å². The van der Waals surface area contributed by atoms with Crippen LogP contribution in [0.5, 0.6) is 5.75 Å². The van der Waals surface area contributed by atoms with E-state index in [1.165, 1.54) is 19.3 Å². The first-order chi connectivity index (χ1) is 8.72. The fourth-order valence-electron chi connectivity index (χ4n) is 2.07. The summed E-state index contributed by atoms with van der Waals surface area (Å²) < 4.78 is 5.16. The second-order valence-electron chi connectivity index (χ2n) is 4.55. The Bertz CT molecular complexity index is 324. The number of nitrogens with zero attached hydrogens (tertiary/aromatic N) is 1. The molecule has 0 bridgehead atoms. The number of methoxy groups -OCH3 is 1.